The molecule has 1 saturated heterocycles. The van der Waals surface area contributed by atoms with Crippen LogP contribution in [0.2, 0.25) is 0 Å². The van der Waals surface area contributed by atoms with Gasteiger partial charge >= 0.3 is 0 Å². The number of nitrogens with zero attached hydrogens (tertiary/aromatic N) is 3. The van der Waals surface area contributed by atoms with Gasteiger partial charge in [0.1, 0.15) is 0 Å². The molecule has 0 aromatic heterocycles. The minimum Gasteiger partial charge on any atom is -0.314 e. The molecule has 6 heteroatoms. The van der Waals surface area contributed by atoms with Gasteiger partial charge in [-0.25, -0.2) is 0 Å². The number of hydrogen-bond donors (Lipinski definition) is 3. The minimum absolute atomic E-state index is 0.364. The molecular weight excluding hydrogens is 252 g/mol. The number of nitrogens with one attached hydrogen (secondary N) is 3. The third-order valence-electron chi connectivity index (χ3n) is 3.48. The molecule has 0 bridgehead atoms. The molecule has 0 radical (unpaired) electrons. The zero-order valence-corrected chi connectivity index (χ0v) is 12.2. The summed E-state index contributed by atoms with van der Waals surface area (Å²) in [6, 6.07) is 4.78. The SMILES string of the molecule is N#CCCC1CNCCN(CCC#N)CCNCCN1. The van der Waals surface area contributed by atoms with Crippen molar-refractivity contribution in [3.8, 4) is 12.1 Å². The van der Waals surface area contributed by atoms with E-state index in [-0.39, 0.29) is 0 Å². The van der Waals surface area contributed by atoms with Crippen molar-refractivity contribution >= 4 is 0 Å². The lowest BCUT2D eigenvalue weighted by molar-refractivity contribution is 0.272. The Labute approximate surface area is 122 Å². The molecule has 3 N–H and O–H groups in total. The van der Waals surface area contributed by atoms with Crippen LogP contribution in [0.15, 0.2) is 0 Å². The zero-order valence-electron chi connectivity index (χ0n) is 12.2. The summed E-state index contributed by atoms with van der Waals surface area (Å²) in [6.07, 6.45) is 2.08. The Balaban J connectivity index is 2.34. The summed E-state index contributed by atoms with van der Waals surface area (Å²) in [6.45, 7) is 7.44. The molecule has 0 saturated carbocycles. The first-order valence-corrected chi connectivity index (χ1v) is 7.48. The Hall–Kier alpha value is -1.18. The zero-order chi connectivity index (χ0) is 14.5. The first-order valence-electron chi connectivity index (χ1n) is 7.48. The van der Waals surface area contributed by atoms with Crippen LogP contribution in [0.3, 0.4) is 0 Å². The number of hydrogen-bond acceptors (Lipinski definition) is 6. The lowest BCUT2D eigenvalue weighted by Crippen LogP contribution is -2.46. The van der Waals surface area contributed by atoms with E-state index in [0.717, 1.165) is 58.8 Å². The molecule has 1 atom stereocenters. The summed E-state index contributed by atoms with van der Waals surface area (Å²) in [5.41, 5.74) is 0. The van der Waals surface area contributed by atoms with Gasteiger partial charge in [0.2, 0.25) is 0 Å². The molecule has 1 rings (SSSR count). The molecule has 1 unspecified atom stereocenters. The van der Waals surface area contributed by atoms with E-state index in [1.807, 2.05) is 0 Å². The van der Waals surface area contributed by atoms with E-state index >= 15 is 0 Å². The van der Waals surface area contributed by atoms with Crippen LogP contribution in [0.5, 0.6) is 0 Å². The van der Waals surface area contributed by atoms with Crippen molar-refractivity contribution in [3.63, 3.8) is 0 Å². The highest BCUT2D eigenvalue weighted by atomic mass is 15.2. The topological polar surface area (TPSA) is 86.9 Å². The van der Waals surface area contributed by atoms with Crippen molar-refractivity contribution < 1.29 is 0 Å². The van der Waals surface area contributed by atoms with Crippen LogP contribution in [-0.4, -0.2) is 63.3 Å². The van der Waals surface area contributed by atoms with Crippen molar-refractivity contribution in [1.82, 2.24) is 20.9 Å². The molecule has 1 heterocycles. The summed E-state index contributed by atoms with van der Waals surface area (Å²) < 4.78 is 0. The molecule has 1 aliphatic rings. The summed E-state index contributed by atoms with van der Waals surface area (Å²) in [4.78, 5) is 2.32. The van der Waals surface area contributed by atoms with E-state index < -0.39 is 0 Å². The molecule has 112 valence electrons. The molecule has 1 aliphatic heterocycles. The highest BCUT2D eigenvalue weighted by molar-refractivity contribution is 4.79. The first-order chi connectivity index (χ1) is 9.86. The highest BCUT2D eigenvalue weighted by Gasteiger charge is 2.09. The third-order valence-corrected chi connectivity index (χ3v) is 3.48. The van der Waals surface area contributed by atoms with Crippen LogP contribution < -0.4 is 16.0 Å². The summed E-state index contributed by atoms with van der Waals surface area (Å²) in [5, 5.41) is 27.7. The third kappa shape index (κ3) is 8.08. The Morgan fingerprint density at radius 2 is 1.70 bits per heavy atom. The van der Waals surface area contributed by atoms with Crippen LogP contribution in [0, 0.1) is 22.7 Å². The van der Waals surface area contributed by atoms with Crippen molar-refractivity contribution in [2.45, 2.75) is 25.3 Å². The van der Waals surface area contributed by atoms with Gasteiger partial charge in [0.15, 0.2) is 0 Å². The van der Waals surface area contributed by atoms with E-state index in [1.165, 1.54) is 0 Å². The van der Waals surface area contributed by atoms with Gasteiger partial charge in [-0.2, -0.15) is 10.5 Å². The van der Waals surface area contributed by atoms with Crippen molar-refractivity contribution in [3.05, 3.63) is 0 Å². The first kappa shape index (κ1) is 16.9. The smallest absolute Gasteiger partial charge is 0.0635 e. The van der Waals surface area contributed by atoms with Crippen LogP contribution >= 0.6 is 0 Å². The van der Waals surface area contributed by atoms with Crippen molar-refractivity contribution in [1.29, 1.82) is 10.5 Å². The Morgan fingerprint density at radius 3 is 2.45 bits per heavy atom. The predicted octanol–water partition coefficient (Wildman–Crippen LogP) is -0.343. The fraction of sp³-hybridized carbons (Fsp3) is 0.857. The van der Waals surface area contributed by atoms with Crippen molar-refractivity contribution in [2.75, 3.05) is 52.4 Å². The number of rotatable bonds is 4. The van der Waals surface area contributed by atoms with Gasteiger partial charge in [0.25, 0.3) is 0 Å². The molecule has 0 aliphatic carbocycles. The molecular formula is C14H26N6. The van der Waals surface area contributed by atoms with E-state index in [4.69, 9.17) is 10.5 Å². The summed E-state index contributed by atoms with van der Waals surface area (Å²) >= 11 is 0. The van der Waals surface area contributed by atoms with E-state index in [2.05, 4.69) is 33.0 Å². The molecule has 1 fully saturated rings. The lowest BCUT2D eigenvalue weighted by Gasteiger charge is -2.24. The van der Waals surface area contributed by atoms with E-state index in [9.17, 15) is 0 Å². The molecule has 6 nitrogen and oxygen atoms in total. The minimum atomic E-state index is 0.364. The van der Waals surface area contributed by atoms with Crippen LogP contribution in [0.25, 0.3) is 0 Å². The standard InChI is InChI=1S/C14H26N6/c15-4-1-3-14-13-18-9-12-20(10-2-5-16)11-8-17-6-7-19-14/h14,17-19H,1-3,6-13H2. The largest absolute Gasteiger partial charge is 0.314 e. The molecule has 0 aromatic rings. The monoisotopic (exact) mass is 278 g/mol. The van der Waals surface area contributed by atoms with Gasteiger partial charge in [-0.15, -0.1) is 0 Å². The van der Waals surface area contributed by atoms with E-state index in [1.54, 1.807) is 0 Å². The van der Waals surface area contributed by atoms with Crippen molar-refractivity contribution in [2.24, 2.45) is 0 Å². The Morgan fingerprint density at radius 1 is 0.950 bits per heavy atom. The fourth-order valence-electron chi connectivity index (χ4n) is 2.30. The maximum atomic E-state index is 8.68. The second kappa shape index (κ2) is 11.6. The maximum absolute atomic E-state index is 8.68. The van der Waals surface area contributed by atoms with E-state index in [0.29, 0.717) is 18.9 Å². The van der Waals surface area contributed by atoms with Crippen LogP contribution in [-0.2, 0) is 0 Å². The van der Waals surface area contributed by atoms with Crippen LogP contribution in [0.1, 0.15) is 19.3 Å². The lowest BCUT2D eigenvalue weighted by atomic mass is 10.1. The quantitative estimate of drug-likeness (QED) is 0.652. The summed E-state index contributed by atoms with van der Waals surface area (Å²) in [7, 11) is 0. The molecule has 0 aromatic carbocycles. The van der Waals surface area contributed by atoms with Gasteiger partial charge in [0, 0.05) is 71.2 Å². The average molecular weight is 278 g/mol. The number of nitriles is 2. The predicted molar refractivity (Wildman–Crippen MR) is 79.0 cm³/mol. The molecule has 0 amide bonds. The van der Waals surface area contributed by atoms with Gasteiger partial charge in [-0.1, -0.05) is 0 Å². The average Bonchev–Trinajstić information content (AvgIpc) is 2.45. The molecule has 20 heavy (non-hydrogen) atoms. The van der Waals surface area contributed by atoms with Gasteiger partial charge in [0.05, 0.1) is 12.1 Å². The second-order valence-electron chi connectivity index (χ2n) is 5.05. The Bertz CT molecular complexity index is 287. The normalized spacial score (nSPS) is 23.0. The fourth-order valence-corrected chi connectivity index (χ4v) is 2.30. The van der Waals surface area contributed by atoms with Gasteiger partial charge in [-0.05, 0) is 6.42 Å². The Kier molecular flexibility index (Phi) is 9.81. The summed E-state index contributed by atoms with van der Waals surface area (Å²) in [5.74, 6) is 0. The van der Waals surface area contributed by atoms with Gasteiger partial charge < -0.3 is 16.0 Å². The molecule has 0 spiro atoms. The second-order valence-corrected chi connectivity index (χ2v) is 5.05. The maximum Gasteiger partial charge on any atom is 0.0635 e. The van der Waals surface area contributed by atoms with Crippen LogP contribution in [0.4, 0.5) is 0 Å². The highest BCUT2D eigenvalue weighted by Crippen LogP contribution is 1.96. The van der Waals surface area contributed by atoms with Gasteiger partial charge in [-0.3, -0.25) is 4.90 Å².